The first-order valence-corrected chi connectivity index (χ1v) is 6.65. The number of pyridine rings is 1. The third kappa shape index (κ3) is 2.37. The van der Waals surface area contributed by atoms with E-state index in [1.807, 2.05) is 17.0 Å². The summed E-state index contributed by atoms with van der Waals surface area (Å²) in [7, 11) is 1.55. The van der Waals surface area contributed by atoms with E-state index in [0.29, 0.717) is 18.1 Å². The highest BCUT2D eigenvalue weighted by Crippen LogP contribution is 2.20. The molecule has 0 radical (unpaired) electrons. The quantitative estimate of drug-likeness (QED) is 0.839. The summed E-state index contributed by atoms with van der Waals surface area (Å²) in [6.07, 6.45) is 0.895. The molecule has 4 heteroatoms. The Hall–Kier alpha value is -2.36. The van der Waals surface area contributed by atoms with Crippen molar-refractivity contribution < 1.29 is 9.53 Å². The second kappa shape index (κ2) is 5.33. The van der Waals surface area contributed by atoms with Crippen LogP contribution in [0.4, 0.5) is 0 Å². The van der Waals surface area contributed by atoms with Crippen LogP contribution in [0.3, 0.4) is 0 Å². The summed E-state index contributed by atoms with van der Waals surface area (Å²) in [6, 6.07) is 13.5. The van der Waals surface area contributed by atoms with Crippen LogP contribution in [0.15, 0.2) is 42.5 Å². The van der Waals surface area contributed by atoms with E-state index in [0.717, 1.165) is 13.0 Å². The van der Waals surface area contributed by atoms with Gasteiger partial charge >= 0.3 is 0 Å². The number of amides is 1. The number of nitrogens with zero attached hydrogens (tertiary/aromatic N) is 2. The van der Waals surface area contributed by atoms with Crippen molar-refractivity contribution in [3.05, 3.63) is 59.3 Å². The Morgan fingerprint density at radius 3 is 2.75 bits per heavy atom. The molecule has 2 heterocycles. The van der Waals surface area contributed by atoms with Crippen molar-refractivity contribution in [3.8, 4) is 5.88 Å². The Kier molecular flexibility index (Phi) is 3.37. The van der Waals surface area contributed by atoms with Crippen molar-refractivity contribution >= 4 is 5.91 Å². The van der Waals surface area contributed by atoms with Gasteiger partial charge in [-0.05, 0) is 23.6 Å². The largest absolute Gasteiger partial charge is 0.481 e. The van der Waals surface area contributed by atoms with Gasteiger partial charge in [0.2, 0.25) is 5.88 Å². The molecule has 3 rings (SSSR count). The summed E-state index contributed by atoms with van der Waals surface area (Å²) in [5.41, 5.74) is 2.98. The lowest BCUT2D eigenvalue weighted by Gasteiger charge is -2.28. The molecule has 1 aliphatic rings. The van der Waals surface area contributed by atoms with Gasteiger partial charge in [-0.3, -0.25) is 4.79 Å². The van der Waals surface area contributed by atoms with Crippen molar-refractivity contribution in [2.24, 2.45) is 0 Å². The van der Waals surface area contributed by atoms with Gasteiger partial charge in [-0.25, -0.2) is 4.98 Å². The maximum Gasteiger partial charge on any atom is 0.272 e. The summed E-state index contributed by atoms with van der Waals surface area (Å²) < 4.78 is 5.07. The van der Waals surface area contributed by atoms with Crippen LogP contribution < -0.4 is 4.74 Å². The molecule has 2 aromatic rings. The zero-order chi connectivity index (χ0) is 13.9. The summed E-state index contributed by atoms with van der Waals surface area (Å²) in [5.74, 6) is 0.423. The number of ether oxygens (including phenoxy) is 1. The Balaban J connectivity index is 1.82. The van der Waals surface area contributed by atoms with Gasteiger partial charge in [0.25, 0.3) is 5.91 Å². The average molecular weight is 268 g/mol. The van der Waals surface area contributed by atoms with Gasteiger partial charge < -0.3 is 9.64 Å². The van der Waals surface area contributed by atoms with Crippen LogP contribution in [0.25, 0.3) is 0 Å². The first-order chi connectivity index (χ1) is 9.78. The van der Waals surface area contributed by atoms with E-state index in [9.17, 15) is 4.79 Å². The molecular weight excluding hydrogens is 252 g/mol. The average Bonchev–Trinajstić information content (AvgIpc) is 2.53. The Morgan fingerprint density at radius 1 is 1.15 bits per heavy atom. The molecule has 0 bridgehead atoms. The number of carbonyl (C=O) groups excluding carboxylic acids is 1. The maximum atomic E-state index is 12.5. The molecule has 1 aromatic carbocycles. The number of methoxy groups -OCH3 is 1. The highest BCUT2D eigenvalue weighted by atomic mass is 16.5. The summed E-state index contributed by atoms with van der Waals surface area (Å²) in [4.78, 5) is 18.5. The predicted molar refractivity (Wildman–Crippen MR) is 75.7 cm³/mol. The standard InChI is InChI=1S/C16H16N2O2/c1-20-15-8-4-7-14(17-15)16(19)18-10-9-12-5-2-3-6-13(12)11-18/h2-8H,9-11H2,1H3. The van der Waals surface area contributed by atoms with E-state index in [4.69, 9.17) is 4.74 Å². The summed E-state index contributed by atoms with van der Waals surface area (Å²) >= 11 is 0. The third-order valence-electron chi connectivity index (χ3n) is 3.57. The molecule has 0 aliphatic carbocycles. The first-order valence-electron chi connectivity index (χ1n) is 6.65. The maximum absolute atomic E-state index is 12.5. The molecule has 20 heavy (non-hydrogen) atoms. The highest BCUT2D eigenvalue weighted by Gasteiger charge is 2.22. The molecule has 0 spiro atoms. The predicted octanol–water partition coefficient (Wildman–Crippen LogP) is 2.29. The van der Waals surface area contributed by atoms with Crippen LogP contribution >= 0.6 is 0 Å². The minimum atomic E-state index is -0.0431. The van der Waals surface area contributed by atoms with Crippen LogP contribution in [0, 0.1) is 0 Å². The third-order valence-corrected chi connectivity index (χ3v) is 3.57. The lowest BCUT2D eigenvalue weighted by Crippen LogP contribution is -2.36. The molecule has 1 amide bonds. The van der Waals surface area contributed by atoms with Crippen molar-refractivity contribution in [2.45, 2.75) is 13.0 Å². The smallest absolute Gasteiger partial charge is 0.272 e. The number of hydrogen-bond acceptors (Lipinski definition) is 3. The Bertz CT molecular complexity index is 640. The van der Waals surface area contributed by atoms with Gasteiger partial charge in [0.1, 0.15) is 5.69 Å². The second-order valence-electron chi connectivity index (χ2n) is 4.81. The number of hydrogen-bond donors (Lipinski definition) is 0. The van der Waals surface area contributed by atoms with E-state index in [-0.39, 0.29) is 5.91 Å². The Labute approximate surface area is 118 Å². The molecule has 0 fully saturated rings. The monoisotopic (exact) mass is 268 g/mol. The van der Waals surface area contributed by atoms with Crippen LogP contribution in [0.1, 0.15) is 21.6 Å². The van der Waals surface area contributed by atoms with E-state index >= 15 is 0 Å². The molecule has 102 valence electrons. The lowest BCUT2D eigenvalue weighted by atomic mass is 10.00. The molecule has 0 N–H and O–H groups in total. The summed E-state index contributed by atoms with van der Waals surface area (Å²) in [5, 5.41) is 0. The molecule has 1 aromatic heterocycles. The van der Waals surface area contributed by atoms with Gasteiger partial charge in [0.15, 0.2) is 0 Å². The van der Waals surface area contributed by atoms with Crippen LogP contribution in [0.2, 0.25) is 0 Å². The van der Waals surface area contributed by atoms with E-state index in [2.05, 4.69) is 17.1 Å². The van der Waals surface area contributed by atoms with Gasteiger partial charge in [0, 0.05) is 19.2 Å². The number of carbonyl (C=O) groups is 1. The van der Waals surface area contributed by atoms with Crippen LogP contribution in [-0.2, 0) is 13.0 Å². The molecule has 4 nitrogen and oxygen atoms in total. The fourth-order valence-corrected chi connectivity index (χ4v) is 2.48. The van der Waals surface area contributed by atoms with Crippen molar-refractivity contribution in [2.75, 3.05) is 13.7 Å². The zero-order valence-corrected chi connectivity index (χ0v) is 11.4. The molecule has 0 atom stereocenters. The normalized spacial score (nSPS) is 13.8. The van der Waals surface area contributed by atoms with E-state index < -0.39 is 0 Å². The zero-order valence-electron chi connectivity index (χ0n) is 11.4. The molecule has 1 aliphatic heterocycles. The number of fused-ring (bicyclic) bond motifs is 1. The molecular formula is C16H16N2O2. The molecule has 0 saturated carbocycles. The number of aromatic nitrogens is 1. The summed E-state index contributed by atoms with van der Waals surface area (Å²) in [6.45, 7) is 1.38. The SMILES string of the molecule is COc1cccc(C(=O)N2CCc3ccccc3C2)n1. The fourth-order valence-electron chi connectivity index (χ4n) is 2.48. The van der Waals surface area contributed by atoms with Gasteiger partial charge in [0.05, 0.1) is 7.11 Å². The number of benzene rings is 1. The van der Waals surface area contributed by atoms with Gasteiger partial charge in [-0.15, -0.1) is 0 Å². The molecule has 0 saturated heterocycles. The van der Waals surface area contributed by atoms with E-state index in [1.165, 1.54) is 11.1 Å². The van der Waals surface area contributed by atoms with Crippen LogP contribution in [0.5, 0.6) is 5.88 Å². The lowest BCUT2D eigenvalue weighted by molar-refractivity contribution is 0.0728. The Morgan fingerprint density at radius 2 is 1.95 bits per heavy atom. The topological polar surface area (TPSA) is 42.4 Å². The van der Waals surface area contributed by atoms with Gasteiger partial charge in [-0.1, -0.05) is 30.3 Å². The first kappa shape index (κ1) is 12.7. The van der Waals surface area contributed by atoms with Gasteiger partial charge in [-0.2, -0.15) is 0 Å². The fraction of sp³-hybridized carbons (Fsp3) is 0.250. The minimum absolute atomic E-state index is 0.0431. The highest BCUT2D eigenvalue weighted by molar-refractivity contribution is 5.92. The molecule has 0 unspecified atom stereocenters. The van der Waals surface area contributed by atoms with Crippen molar-refractivity contribution in [1.29, 1.82) is 0 Å². The minimum Gasteiger partial charge on any atom is -0.481 e. The van der Waals surface area contributed by atoms with Crippen molar-refractivity contribution in [3.63, 3.8) is 0 Å². The second-order valence-corrected chi connectivity index (χ2v) is 4.81. The van der Waals surface area contributed by atoms with Crippen LogP contribution in [-0.4, -0.2) is 29.4 Å². The van der Waals surface area contributed by atoms with Crippen molar-refractivity contribution in [1.82, 2.24) is 9.88 Å². The van der Waals surface area contributed by atoms with E-state index in [1.54, 1.807) is 25.3 Å². The number of rotatable bonds is 2.